The average Bonchev–Trinajstić information content (AvgIpc) is 2.83. The lowest BCUT2D eigenvalue weighted by Crippen LogP contribution is -2.47. The molecule has 124 valence electrons. The molecule has 22 heavy (non-hydrogen) atoms. The van der Waals surface area contributed by atoms with Gasteiger partial charge in [0.2, 0.25) is 0 Å². The smallest absolute Gasteiger partial charge is 0.410 e. The molecule has 2 rings (SSSR count). The molecule has 1 atom stereocenters. The van der Waals surface area contributed by atoms with Gasteiger partial charge in [0.15, 0.2) is 4.47 Å². The Morgan fingerprint density at radius 1 is 1.55 bits per heavy atom. The van der Waals surface area contributed by atoms with Gasteiger partial charge in [0.1, 0.15) is 5.60 Å². The summed E-state index contributed by atoms with van der Waals surface area (Å²) in [5.41, 5.74) is -0.439. The van der Waals surface area contributed by atoms with Gasteiger partial charge >= 0.3 is 6.09 Å². The van der Waals surface area contributed by atoms with Gasteiger partial charge in [-0.3, -0.25) is 0 Å². The number of ether oxygens (including phenoxy) is 1. The maximum Gasteiger partial charge on any atom is 0.410 e. The molecule has 0 N–H and O–H groups in total. The van der Waals surface area contributed by atoms with Gasteiger partial charge in [-0.15, -0.1) is 11.3 Å². The van der Waals surface area contributed by atoms with Crippen LogP contribution in [-0.4, -0.2) is 39.9 Å². The highest BCUT2D eigenvalue weighted by Gasteiger charge is 2.30. The fraction of sp³-hybridized carbons (Fsp3) is 0.733. The predicted molar refractivity (Wildman–Crippen MR) is 93.9 cm³/mol. The van der Waals surface area contributed by atoms with Crippen LogP contribution in [0.15, 0.2) is 6.20 Å². The monoisotopic (exact) mass is 362 g/mol. The number of carbonyl (C=O) groups is 1. The quantitative estimate of drug-likeness (QED) is 0.770. The van der Waals surface area contributed by atoms with Crippen LogP contribution < -0.4 is 0 Å². The maximum absolute atomic E-state index is 12.3. The van der Waals surface area contributed by atoms with Crippen LogP contribution >= 0.6 is 34.7 Å². The Labute approximate surface area is 145 Å². The lowest BCUT2D eigenvalue weighted by atomic mass is 10.0. The van der Waals surface area contributed by atoms with E-state index in [1.165, 1.54) is 22.6 Å². The zero-order valence-electron chi connectivity index (χ0n) is 13.3. The average molecular weight is 363 g/mol. The first-order valence-electron chi connectivity index (χ1n) is 7.53. The molecule has 0 spiro atoms. The maximum atomic E-state index is 12.3. The normalized spacial score (nSPS) is 19.3. The molecule has 1 aromatic rings. The molecule has 0 aromatic carbocycles. The van der Waals surface area contributed by atoms with Crippen LogP contribution in [-0.2, 0) is 10.5 Å². The number of piperidine rings is 1. The molecule has 0 saturated carbocycles. The summed E-state index contributed by atoms with van der Waals surface area (Å²) >= 11 is 9.19. The number of rotatable bonds is 4. The molecule has 1 amide bonds. The Hall–Kier alpha value is -0.460. The number of hydrogen-bond donors (Lipinski definition) is 0. The fourth-order valence-corrected chi connectivity index (χ4v) is 4.65. The summed E-state index contributed by atoms with van der Waals surface area (Å²) in [4.78, 5) is 19.5. The minimum atomic E-state index is -0.439. The molecule has 1 aliphatic heterocycles. The van der Waals surface area contributed by atoms with Crippen LogP contribution in [0.2, 0.25) is 4.47 Å². The van der Waals surface area contributed by atoms with Crippen molar-refractivity contribution in [3.8, 4) is 0 Å². The van der Waals surface area contributed by atoms with Crippen molar-refractivity contribution in [2.24, 2.45) is 0 Å². The summed E-state index contributed by atoms with van der Waals surface area (Å²) in [6.07, 6.45) is 4.93. The van der Waals surface area contributed by atoms with E-state index in [0.29, 0.717) is 4.47 Å². The molecular formula is C15H23ClN2O2S2. The number of aromatic nitrogens is 1. The van der Waals surface area contributed by atoms with E-state index in [1.54, 1.807) is 0 Å². The molecule has 0 radical (unpaired) electrons. The number of thioether (sulfide) groups is 1. The molecule has 1 fully saturated rings. The van der Waals surface area contributed by atoms with Crippen LogP contribution in [0.1, 0.15) is 44.9 Å². The Morgan fingerprint density at radius 2 is 2.32 bits per heavy atom. The minimum absolute atomic E-state index is 0.182. The van der Waals surface area contributed by atoms with Gasteiger partial charge in [-0.25, -0.2) is 9.78 Å². The zero-order valence-corrected chi connectivity index (χ0v) is 15.7. The Kier molecular flexibility index (Phi) is 6.41. The number of carbonyl (C=O) groups excluding carboxylic acids is 1. The van der Waals surface area contributed by atoms with Crippen LogP contribution in [0.5, 0.6) is 0 Å². The van der Waals surface area contributed by atoms with E-state index in [-0.39, 0.29) is 12.1 Å². The number of amides is 1. The van der Waals surface area contributed by atoms with Crippen molar-refractivity contribution in [1.29, 1.82) is 0 Å². The van der Waals surface area contributed by atoms with E-state index in [0.717, 1.165) is 30.9 Å². The summed E-state index contributed by atoms with van der Waals surface area (Å²) in [5, 5.41) is 0. The standard InChI is InChI=1S/C15H23ClN2O2S2/c1-15(2,3)20-14(19)18-7-5-4-6-11(18)9-21-10-12-8-17-13(16)22-12/h8,11H,4-7,9-10H2,1-3H3/t11-/m0/s1. The molecule has 0 bridgehead atoms. The SMILES string of the molecule is CC(C)(C)OC(=O)N1CCCC[C@H]1CSCc1cnc(Cl)s1. The summed E-state index contributed by atoms with van der Waals surface area (Å²) < 4.78 is 6.11. The first-order chi connectivity index (χ1) is 10.3. The first-order valence-corrected chi connectivity index (χ1v) is 9.87. The van der Waals surface area contributed by atoms with Gasteiger partial charge < -0.3 is 9.64 Å². The van der Waals surface area contributed by atoms with Gasteiger partial charge in [-0.2, -0.15) is 11.8 Å². The number of nitrogens with zero attached hydrogens (tertiary/aromatic N) is 2. The zero-order chi connectivity index (χ0) is 16.2. The van der Waals surface area contributed by atoms with Crippen molar-refractivity contribution in [3.63, 3.8) is 0 Å². The molecule has 0 unspecified atom stereocenters. The third-order valence-corrected chi connectivity index (χ3v) is 5.77. The first kappa shape index (κ1) is 17.9. The molecule has 2 heterocycles. The number of thiazole rings is 1. The summed E-state index contributed by atoms with van der Waals surface area (Å²) in [7, 11) is 0. The largest absolute Gasteiger partial charge is 0.444 e. The Balaban J connectivity index is 1.85. The Morgan fingerprint density at radius 3 is 2.95 bits per heavy atom. The van der Waals surface area contributed by atoms with Gasteiger partial charge in [0.05, 0.1) is 0 Å². The Bertz CT molecular complexity index is 502. The van der Waals surface area contributed by atoms with Crippen molar-refractivity contribution in [1.82, 2.24) is 9.88 Å². The van der Waals surface area contributed by atoms with E-state index >= 15 is 0 Å². The molecular weight excluding hydrogens is 340 g/mol. The second-order valence-electron chi connectivity index (χ2n) is 6.42. The van der Waals surface area contributed by atoms with Gasteiger partial charge in [-0.1, -0.05) is 11.6 Å². The van der Waals surface area contributed by atoms with Crippen LogP contribution in [0.3, 0.4) is 0 Å². The molecule has 4 nitrogen and oxygen atoms in total. The van der Waals surface area contributed by atoms with E-state index in [2.05, 4.69) is 4.98 Å². The van der Waals surface area contributed by atoms with E-state index in [4.69, 9.17) is 16.3 Å². The topological polar surface area (TPSA) is 42.4 Å². The molecule has 1 saturated heterocycles. The molecule has 7 heteroatoms. The van der Waals surface area contributed by atoms with Crippen LogP contribution in [0, 0.1) is 0 Å². The number of halogens is 1. The minimum Gasteiger partial charge on any atom is -0.444 e. The van der Waals surface area contributed by atoms with Gasteiger partial charge in [0, 0.05) is 35.2 Å². The van der Waals surface area contributed by atoms with Crippen LogP contribution in [0.4, 0.5) is 4.79 Å². The fourth-order valence-electron chi connectivity index (χ4n) is 2.38. The number of likely N-dealkylation sites (tertiary alicyclic amines) is 1. The van der Waals surface area contributed by atoms with Crippen molar-refractivity contribution in [3.05, 3.63) is 15.5 Å². The third kappa shape index (κ3) is 5.63. The summed E-state index contributed by atoms with van der Waals surface area (Å²) in [6.45, 7) is 6.52. The number of hydrogen-bond acceptors (Lipinski definition) is 5. The lowest BCUT2D eigenvalue weighted by molar-refractivity contribution is 0.0126. The third-order valence-electron chi connectivity index (χ3n) is 3.34. The lowest BCUT2D eigenvalue weighted by Gasteiger charge is -2.36. The van der Waals surface area contributed by atoms with Gasteiger partial charge in [0.25, 0.3) is 0 Å². The molecule has 1 aromatic heterocycles. The predicted octanol–water partition coefficient (Wildman–Crippen LogP) is 4.82. The van der Waals surface area contributed by atoms with E-state index < -0.39 is 5.60 Å². The van der Waals surface area contributed by atoms with Crippen molar-refractivity contribution in [2.75, 3.05) is 12.3 Å². The van der Waals surface area contributed by atoms with Crippen molar-refractivity contribution >= 4 is 40.8 Å². The summed E-state index contributed by atoms with van der Waals surface area (Å²) in [5.74, 6) is 1.82. The summed E-state index contributed by atoms with van der Waals surface area (Å²) in [6, 6.07) is 0.261. The second-order valence-corrected chi connectivity index (χ2v) is 9.15. The molecule has 0 aliphatic carbocycles. The van der Waals surface area contributed by atoms with Gasteiger partial charge in [-0.05, 0) is 40.0 Å². The van der Waals surface area contributed by atoms with Crippen molar-refractivity contribution in [2.45, 2.75) is 57.4 Å². The highest BCUT2D eigenvalue weighted by molar-refractivity contribution is 7.98. The second kappa shape index (κ2) is 7.88. The molecule has 1 aliphatic rings. The van der Waals surface area contributed by atoms with Crippen molar-refractivity contribution < 1.29 is 9.53 Å². The van der Waals surface area contributed by atoms with E-state index in [9.17, 15) is 4.79 Å². The highest BCUT2D eigenvalue weighted by Crippen LogP contribution is 2.27. The van der Waals surface area contributed by atoms with E-state index in [1.807, 2.05) is 43.6 Å². The van der Waals surface area contributed by atoms with Crippen LogP contribution in [0.25, 0.3) is 0 Å². The highest BCUT2D eigenvalue weighted by atomic mass is 35.5.